The molecule has 94 valence electrons. The summed E-state index contributed by atoms with van der Waals surface area (Å²) in [7, 11) is 0. The Balaban J connectivity index is 1.69. The minimum Gasteiger partial charge on any atom is -0.339 e. The minimum absolute atomic E-state index is 0.409. The van der Waals surface area contributed by atoms with Crippen molar-refractivity contribution < 1.29 is 4.52 Å². The summed E-state index contributed by atoms with van der Waals surface area (Å²) in [5.41, 5.74) is 1.20. The highest BCUT2D eigenvalue weighted by molar-refractivity contribution is 5.18. The zero-order chi connectivity index (χ0) is 12.2. The summed E-state index contributed by atoms with van der Waals surface area (Å²) in [4.78, 5) is 4.51. The van der Waals surface area contributed by atoms with E-state index in [2.05, 4.69) is 27.6 Å². The largest absolute Gasteiger partial charge is 0.339 e. The molecule has 0 radical (unpaired) electrons. The van der Waals surface area contributed by atoms with Crippen LogP contribution in [0.1, 0.15) is 36.0 Å². The molecule has 2 aromatic rings. The Kier molecular flexibility index (Phi) is 3.37. The van der Waals surface area contributed by atoms with Crippen molar-refractivity contribution in [2.75, 3.05) is 13.1 Å². The zero-order valence-corrected chi connectivity index (χ0v) is 10.3. The number of hydrogen-bond donors (Lipinski definition) is 1. The van der Waals surface area contributed by atoms with Crippen LogP contribution in [0.15, 0.2) is 34.9 Å². The van der Waals surface area contributed by atoms with Crippen LogP contribution >= 0.6 is 0 Å². The minimum atomic E-state index is 0.409. The van der Waals surface area contributed by atoms with Gasteiger partial charge in [0.15, 0.2) is 5.82 Å². The molecule has 0 aliphatic carbocycles. The van der Waals surface area contributed by atoms with E-state index in [9.17, 15) is 0 Å². The van der Waals surface area contributed by atoms with Gasteiger partial charge in [-0.15, -0.1) is 0 Å². The van der Waals surface area contributed by atoms with Crippen molar-refractivity contribution in [3.05, 3.63) is 47.6 Å². The van der Waals surface area contributed by atoms with Crippen molar-refractivity contribution in [3.8, 4) is 0 Å². The van der Waals surface area contributed by atoms with Crippen LogP contribution in [-0.4, -0.2) is 23.2 Å². The molecule has 4 nitrogen and oxygen atoms in total. The molecular weight excluding hydrogens is 226 g/mol. The highest BCUT2D eigenvalue weighted by Gasteiger charge is 2.20. The van der Waals surface area contributed by atoms with Gasteiger partial charge in [0.25, 0.3) is 0 Å². The smallest absolute Gasteiger partial charge is 0.231 e. The monoisotopic (exact) mass is 243 g/mol. The van der Waals surface area contributed by atoms with Gasteiger partial charge < -0.3 is 9.84 Å². The third-order valence-corrected chi connectivity index (χ3v) is 3.34. The maximum absolute atomic E-state index is 5.33. The van der Waals surface area contributed by atoms with E-state index >= 15 is 0 Å². The third-order valence-electron chi connectivity index (χ3n) is 3.34. The highest BCUT2D eigenvalue weighted by Crippen LogP contribution is 2.20. The van der Waals surface area contributed by atoms with Gasteiger partial charge in [0, 0.05) is 12.5 Å². The Hall–Kier alpha value is -1.68. The fourth-order valence-corrected chi connectivity index (χ4v) is 2.35. The van der Waals surface area contributed by atoms with Gasteiger partial charge in [-0.05, 0) is 24.9 Å². The molecule has 0 bridgehead atoms. The average Bonchev–Trinajstić information content (AvgIpc) is 2.89. The van der Waals surface area contributed by atoms with E-state index in [0.717, 1.165) is 25.3 Å². The van der Waals surface area contributed by atoms with E-state index in [-0.39, 0.29) is 0 Å². The summed E-state index contributed by atoms with van der Waals surface area (Å²) in [5, 5.41) is 7.48. The van der Waals surface area contributed by atoms with Crippen LogP contribution in [0, 0.1) is 0 Å². The quantitative estimate of drug-likeness (QED) is 0.897. The summed E-state index contributed by atoms with van der Waals surface area (Å²) in [5.74, 6) is 1.97. The van der Waals surface area contributed by atoms with Crippen molar-refractivity contribution in [2.24, 2.45) is 0 Å². The Bertz CT molecular complexity index is 489. The summed E-state index contributed by atoms with van der Waals surface area (Å²) in [6, 6.07) is 10.2. The molecule has 1 aromatic heterocycles. The van der Waals surface area contributed by atoms with Crippen LogP contribution in [0.5, 0.6) is 0 Å². The Morgan fingerprint density at radius 2 is 2.17 bits per heavy atom. The van der Waals surface area contributed by atoms with Crippen molar-refractivity contribution in [1.29, 1.82) is 0 Å². The summed E-state index contributed by atoms with van der Waals surface area (Å²) in [6.07, 6.45) is 3.05. The van der Waals surface area contributed by atoms with Crippen LogP contribution in [0.2, 0.25) is 0 Å². The zero-order valence-electron chi connectivity index (χ0n) is 10.3. The van der Waals surface area contributed by atoms with Crippen LogP contribution in [0.3, 0.4) is 0 Å². The summed E-state index contributed by atoms with van der Waals surface area (Å²) >= 11 is 0. The molecular formula is C14H17N3O. The van der Waals surface area contributed by atoms with Crippen molar-refractivity contribution in [3.63, 3.8) is 0 Å². The topological polar surface area (TPSA) is 51.0 Å². The van der Waals surface area contributed by atoms with Gasteiger partial charge >= 0.3 is 0 Å². The molecule has 1 unspecified atom stereocenters. The van der Waals surface area contributed by atoms with Crippen molar-refractivity contribution in [2.45, 2.75) is 25.2 Å². The molecule has 0 spiro atoms. The second-order valence-electron chi connectivity index (χ2n) is 4.75. The van der Waals surface area contributed by atoms with E-state index in [0.29, 0.717) is 18.2 Å². The number of hydrogen-bond acceptors (Lipinski definition) is 4. The van der Waals surface area contributed by atoms with Crippen LogP contribution < -0.4 is 5.32 Å². The molecule has 2 heterocycles. The van der Waals surface area contributed by atoms with Crippen molar-refractivity contribution >= 4 is 0 Å². The third kappa shape index (κ3) is 2.59. The lowest BCUT2D eigenvalue weighted by atomic mass is 9.99. The number of nitrogens with one attached hydrogen (secondary N) is 1. The molecule has 1 atom stereocenters. The standard InChI is InChI=1S/C14H17N3O/c1-2-5-11(6-3-1)9-13-16-14(17-18-13)12-7-4-8-15-10-12/h1-3,5-6,12,15H,4,7-10H2. The molecule has 4 heteroatoms. The Morgan fingerprint density at radius 1 is 1.28 bits per heavy atom. The van der Waals surface area contributed by atoms with Crippen LogP contribution in [0.4, 0.5) is 0 Å². The van der Waals surface area contributed by atoms with Crippen LogP contribution in [0.25, 0.3) is 0 Å². The lowest BCUT2D eigenvalue weighted by Crippen LogP contribution is -2.28. The van der Waals surface area contributed by atoms with E-state index in [1.165, 1.54) is 12.0 Å². The van der Waals surface area contributed by atoms with Gasteiger partial charge in [-0.3, -0.25) is 0 Å². The normalized spacial score (nSPS) is 19.9. The Labute approximate surface area is 106 Å². The second kappa shape index (κ2) is 5.31. The first-order chi connectivity index (χ1) is 8.92. The first-order valence-corrected chi connectivity index (χ1v) is 6.49. The lowest BCUT2D eigenvalue weighted by molar-refractivity contribution is 0.366. The number of aromatic nitrogens is 2. The number of nitrogens with zero attached hydrogens (tertiary/aromatic N) is 2. The Morgan fingerprint density at radius 3 is 2.94 bits per heavy atom. The number of rotatable bonds is 3. The maximum atomic E-state index is 5.33. The average molecular weight is 243 g/mol. The fourth-order valence-electron chi connectivity index (χ4n) is 2.35. The first-order valence-electron chi connectivity index (χ1n) is 6.49. The number of piperidine rings is 1. The molecule has 1 aliphatic heterocycles. The molecule has 1 N–H and O–H groups in total. The van der Waals surface area contributed by atoms with Crippen LogP contribution in [-0.2, 0) is 6.42 Å². The maximum Gasteiger partial charge on any atom is 0.231 e. The van der Waals surface area contributed by atoms with Gasteiger partial charge in [-0.25, -0.2) is 0 Å². The molecule has 1 fully saturated rings. The first kappa shape index (κ1) is 11.4. The SMILES string of the molecule is c1ccc(Cc2nc(C3CCCNC3)no2)cc1. The van der Waals surface area contributed by atoms with Gasteiger partial charge in [0.2, 0.25) is 5.89 Å². The summed E-state index contributed by atoms with van der Waals surface area (Å²) < 4.78 is 5.33. The van der Waals surface area contributed by atoms with E-state index in [1.54, 1.807) is 0 Å². The van der Waals surface area contributed by atoms with Gasteiger partial charge in [0.05, 0.1) is 6.42 Å². The van der Waals surface area contributed by atoms with E-state index in [1.807, 2.05) is 18.2 Å². The van der Waals surface area contributed by atoms with Crippen molar-refractivity contribution in [1.82, 2.24) is 15.5 Å². The van der Waals surface area contributed by atoms with Gasteiger partial charge in [0.1, 0.15) is 0 Å². The number of benzene rings is 1. The molecule has 1 aromatic carbocycles. The lowest BCUT2D eigenvalue weighted by Gasteiger charge is -2.19. The molecule has 1 saturated heterocycles. The molecule has 0 amide bonds. The molecule has 1 aliphatic rings. The van der Waals surface area contributed by atoms with Gasteiger partial charge in [-0.1, -0.05) is 35.5 Å². The molecule has 0 saturated carbocycles. The van der Waals surface area contributed by atoms with E-state index in [4.69, 9.17) is 4.52 Å². The predicted molar refractivity (Wildman–Crippen MR) is 68.4 cm³/mol. The molecule has 3 rings (SSSR count). The fraction of sp³-hybridized carbons (Fsp3) is 0.429. The molecule has 18 heavy (non-hydrogen) atoms. The second-order valence-corrected chi connectivity index (χ2v) is 4.75. The highest BCUT2D eigenvalue weighted by atomic mass is 16.5. The predicted octanol–water partition coefficient (Wildman–Crippen LogP) is 2.13. The summed E-state index contributed by atoms with van der Waals surface area (Å²) in [6.45, 7) is 2.07. The van der Waals surface area contributed by atoms with Gasteiger partial charge in [-0.2, -0.15) is 4.98 Å². The van der Waals surface area contributed by atoms with E-state index < -0.39 is 0 Å².